The third kappa shape index (κ3) is 4.55. The molecule has 0 saturated carbocycles. The van der Waals surface area contributed by atoms with Gasteiger partial charge < -0.3 is 20.3 Å². The number of imide groups is 1. The van der Waals surface area contributed by atoms with Gasteiger partial charge in [0.15, 0.2) is 0 Å². The van der Waals surface area contributed by atoms with E-state index in [-0.39, 0.29) is 19.3 Å². The first-order valence-corrected chi connectivity index (χ1v) is 12.2. The molecular formula is C26H24F4N4O5. The van der Waals surface area contributed by atoms with Crippen LogP contribution in [-0.4, -0.2) is 59.5 Å². The number of hydrogen-bond donors (Lipinski definition) is 2. The number of alkyl halides is 3. The van der Waals surface area contributed by atoms with Gasteiger partial charge in [0.1, 0.15) is 18.4 Å². The number of anilines is 1. The van der Waals surface area contributed by atoms with E-state index in [1.165, 1.54) is 31.3 Å². The lowest BCUT2D eigenvalue weighted by molar-refractivity contribution is -0.186. The second kappa shape index (κ2) is 9.54. The SMILES string of the molecule is CNC(=O)Nc1ccc2c(c1)CC[C@@]21OC(=O)N(CC(=O)N2[C@@H](c3ccc(F)cc3)CC[C@@H]2C(F)(F)F)C1=O. The van der Waals surface area contributed by atoms with Gasteiger partial charge in [-0.1, -0.05) is 18.2 Å². The summed E-state index contributed by atoms with van der Waals surface area (Å²) in [7, 11) is 1.45. The Morgan fingerprint density at radius 3 is 2.49 bits per heavy atom. The number of carbonyl (C=O) groups excluding carboxylic acids is 4. The van der Waals surface area contributed by atoms with Gasteiger partial charge in [0, 0.05) is 24.7 Å². The molecule has 2 aromatic rings. The molecule has 2 heterocycles. The lowest BCUT2D eigenvalue weighted by Gasteiger charge is -2.32. The second-order valence-corrected chi connectivity index (χ2v) is 9.67. The summed E-state index contributed by atoms with van der Waals surface area (Å²) in [5.41, 5.74) is 0.0912. The molecule has 0 bridgehead atoms. The van der Waals surface area contributed by atoms with Crippen molar-refractivity contribution in [3.05, 3.63) is 65.0 Å². The van der Waals surface area contributed by atoms with E-state index in [0.717, 1.165) is 12.1 Å². The highest BCUT2D eigenvalue weighted by atomic mass is 19.4. The number of ether oxygens (including phenoxy) is 1. The largest absolute Gasteiger partial charge is 0.427 e. The van der Waals surface area contributed by atoms with Crippen LogP contribution in [0.1, 0.15) is 42.0 Å². The van der Waals surface area contributed by atoms with Crippen LogP contribution < -0.4 is 10.6 Å². The summed E-state index contributed by atoms with van der Waals surface area (Å²) in [6.45, 7) is -0.935. The van der Waals surface area contributed by atoms with Gasteiger partial charge in [-0.25, -0.2) is 18.9 Å². The van der Waals surface area contributed by atoms with E-state index in [1.54, 1.807) is 6.07 Å². The van der Waals surface area contributed by atoms with Gasteiger partial charge in [-0.15, -0.1) is 0 Å². The molecule has 2 aliphatic heterocycles. The highest BCUT2D eigenvalue weighted by molar-refractivity contribution is 6.06. The molecule has 0 radical (unpaired) electrons. The van der Waals surface area contributed by atoms with Crippen LogP contribution in [-0.2, 0) is 26.3 Å². The van der Waals surface area contributed by atoms with E-state index in [1.807, 2.05) is 0 Å². The monoisotopic (exact) mass is 548 g/mol. The molecule has 5 amide bonds. The summed E-state index contributed by atoms with van der Waals surface area (Å²) in [6, 6.07) is 5.93. The number of urea groups is 1. The van der Waals surface area contributed by atoms with E-state index >= 15 is 0 Å². The van der Waals surface area contributed by atoms with Crippen molar-refractivity contribution < 1.29 is 41.5 Å². The van der Waals surface area contributed by atoms with Crippen LogP contribution in [0.3, 0.4) is 0 Å². The Morgan fingerprint density at radius 1 is 1.10 bits per heavy atom. The van der Waals surface area contributed by atoms with Crippen molar-refractivity contribution in [3.8, 4) is 0 Å². The molecule has 9 nitrogen and oxygen atoms in total. The van der Waals surface area contributed by atoms with Crippen LogP contribution >= 0.6 is 0 Å². The zero-order valence-electron chi connectivity index (χ0n) is 20.7. The fourth-order valence-corrected chi connectivity index (χ4v) is 5.63. The molecule has 2 fully saturated rings. The average molecular weight is 548 g/mol. The number of nitrogens with zero attached hydrogens (tertiary/aromatic N) is 2. The number of likely N-dealkylation sites (tertiary alicyclic amines) is 1. The molecule has 3 aliphatic rings. The van der Waals surface area contributed by atoms with Crippen molar-refractivity contribution in [1.29, 1.82) is 0 Å². The third-order valence-corrected chi connectivity index (χ3v) is 7.44. The number of carbonyl (C=O) groups is 4. The van der Waals surface area contributed by atoms with Crippen molar-refractivity contribution in [2.24, 2.45) is 0 Å². The zero-order chi connectivity index (χ0) is 28.1. The fraction of sp³-hybridized carbons (Fsp3) is 0.385. The number of nitrogens with one attached hydrogen (secondary N) is 2. The summed E-state index contributed by atoms with van der Waals surface area (Å²) in [4.78, 5) is 52.4. The molecule has 39 heavy (non-hydrogen) atoms. The second-order valence-electron chi connectivity index (χ2n) is 9.67. The summed E-state index contributed by atoms with van der Waals surface area (Å²) < 4.78 is 60.5. The van der Waals surface area contributed by atoms with Gasteiger partial charge in [-0.2, -0.15) is 13.2 Å². The van der Waals surface area contributed by atoms with Crippen LogP contribution in [0, 0.1) is 5.82 Å². The number of rotatable bonds is 4. The summed E-state index contributed by atoms with van der Waals surface area (Å²) in [5.74, 6) is -2.49. The predicted octanol–water partition coefficient (Wildman–Crippen LogP) is 3.99. The van der Waals surface area contributed by atoms with E-state index in [9.17, 15) is 36.7 Å². The number of fused-ring (bicyclic) bond motifs is 2. The van der Waals surface area contributed by atoms with E-state index < -0.39 is 60.2 Å². The van der Waals surface area contributed by atoms with Crippen LogP contribution in [0.25, 0.3) is 0 Å². The Labute approximate surface area is 220 Å². The molecule has 3 atom stereocenters. The van der Waals surface area contributed by atoms with Crippen LogP contribution in [0.4, 0.5) is 32.8 Å². The molecule has 13 heteroatoms. The lowest BCUT2D eigenvalue weighted by Crippen LogP contribution is -2.50. The number of amides is 5. The highest BCUT2D eigenvalue weighted by Gasteiger charge is 2.59. The Hall–Kier alpha value is -4.16. The molecule has 2 N–H and O–H groups in total. The fourth-order valence-electron chi connectivity index (χ4n) is 5.63. The summed E-state index contributed by atoms with van der Waals surface area (Å²) in [6.07, 6.45) is -5.87. The minimum absolute atomic E-state index is 0.0241. The van der Waals surface area contributed by atoms with Crippen molar-refractivity contribution in [3.63, 3.8) is 0 Å². The Balaban J connectivity index is 1.39. The van der Waals surface area contributed by atoms with Crippen LogP contribution in [0.2, 0.25) is 0 Å². The number of hydrogen-bond acceptors (Lipinski definition) is 5. The summed E-state index contributed by atoms with van der Waals surface area (Å²) >= 11 is 0. The van der Waals surface area contributed by atoms with E-state index in [0.29, 0.717) is 38.6 Å². The standard InChI is InChI=1S/C26H24F4N4O5/c1-31-23(37)32-17-6-7-18-15(12-17)10-11-25(18)22(36)33(24(38)39-25)13-21(35)34-19(8-9-20(34)26(28,29)30)14-2-4-16(27)5-3-14/h2-7,12,19-20H,8-11,13H2,1H3,(H2,31,32,37)/t19-,20-,25-/m1/s1. The molecule has 2 saturated heterocycles. The molecule has 5 rings (SSSR count). The van der Waals surface area contributed by atoms with Gasteiger partial charge in [-0.3, -0.25) is 9.59 Å². The topological polar surface area (TPSA) is 108 Å². The van der Waals surface area contributed by atoms with Crippen molar-refractivity contribution >= 4 is 29.6 Å². The molecule has 206 valence electrons. The maximum absolute atomic E-state index is 13.9. The minimum Gasteiger partial charge on any atom is -0.427 e. The first-order chi connectivity index (χ1) is 18.4. The molecule has 0 aromatic heterocycles. The third-order valence-electron chi connectivity index (χ3n) is 7.44. The van der Waals surface area contributed by atoms with E-state index in [4.69, 9.17) is 4.74 Å². The van der Waals surface area contributed by atoms with E-state index in [2.05, 4.69) is 10.6 Å². The molecule has 0 unspecified atom stereocenters. The minimum atomic E-state index is -4.74. The van der Waals surface area contributed by atoms with Gasteiger partial charge in [-0.05, 0) is 54.7 Å². The Bertz CT molecular complexity index is 1350. The first-order valence-electron chi connectivity index (χ1n) is 12.2. The zero-order valence-corrected chi connectivity index (χ0v) is 20.7. The van der Waals surface area contributed by atoms with Crippen LogP contribution in [0.15, 0.2) is 42.5 Å². The lowest BCUT2D eigenvalue weighted by atomic mass is 9.94. The van der Waals surface area contributed by atoms with Gasteiger partial charge in [0.05, 0.1) is 6.04 Å². The maximum atomic E-state index is 13.9. The number of halogens is 4. The predicted molar refractivity (Wildman–Crippen MR) is 128 cm³/mol. The van der Waals surface area contributed by atoms with Gasteiger partial charge >= 0.3 is 18.3 Å². The molecule has 1 spiro atoms. The quantitative estimate of drug-likeness (QED) is 0.562. The Kier molecular flexibility index (Phi) is 6.47. The number of aryl methyl sites for hydroxylation is 1. The molecular weight excluding hydrogens is 524 g/mol. The first kappa shape index (κ1) is 26.4. The molecule has 2 aromatic carbocycles. The van der Waals surface area contributed by atoms with Gasteiger partial charge in [0.2, 0.25) is 11.5 Å². The maximum Gasteiger partial charge on any atom is 0.418 e. The number of benzene rings is 2. The van der Waals surface area contributed by atoms with Crippen molar-refractivity contribution in [2.75, 3.05) is 18.9 Å². The average Bonchev–Trinajstić information content (AvgIpc) is 3.56. The van der Waals surface area contributed by atoms with Crippen molar-refractivity contribution in [1.82, 2.24) is 15.1 Å². The highest BCUT2D eigenvalue weighted by Crippen LogP contribution is 2.47. The summed E-state index contributed by atoms with van der Waals surface area (Å²) in [5, 5.41) is 5.02. The Morgan fingerprint density at radius 2 is 1.82 bits per heavy atom. The van der Waals surface area contributed by atoms with Crippen LogP contribution in [0.5, 0.6) is 0 Å². The normalized spacial score (nSPS) is 24.2. The molecule has 1 aliphatic carbocycles. The van der Waals surface area contributed by atoms with Gasteiger partial charge in [0.25, 0.3) is 5.91 Å². The van der Waals surface area contributed by atoms with Crippen molar-refractivity contribution in [2.45, 2.75) is 49.5 Å². The smallest absolute Gasteiger partial charge is 0.418 e.